The molecule has 12 heteroatoms. The smallest absolute Gasteiger partial charge is 0.371 e. The second-order valence-electron chi connectivity index (χ2n) is 9.05. The van der Waals surface area contributed by atoms with Crippen LogP contribution in [0.5, 0.6) is 0 Å². The number of benzene rings is 2. The fraction of sp³-hybridized carbons (Fsp3) is 0.321. The Bertz CT molecular complexity index is 1370. The molecule has 0 saturated carbocycles. The van der Waals surface area contributed by atoms with E-state index in [4.69, 9.17) is 14.6 Å². The zero-order valence-corrected chi connectivity index (χ0v) is 23.1. The zero-order valence-electron chi connectivity index (χ0n) is 22.3. The van der Waals surface area contributed by atoms with E-state index >= 15 is 4.39 Å². The van der Waals surface area contributed by atoms with E-state index < -0.39 is 46.8 Å². The van der Waals surface area contributed by atoms with Crippen molar-refractivity contribution >= 4 is 34.4 Å². The Morgan fingerprint density at radius 3 is 2.45 bits per heavy atom. The summed E-state index contributed by atoms with van der Waals surface area (Å²) in [6.45, 7) is 5.06. The molecule has 1 unspecified atom stereocenters. The predicted octanol–water partition coefficient (Wildman–Crippen LogP) is 6.30. The number of nitrogens with zero attached hydrogens (tertiary/aromatic N) is 1. The van der Waals surface area contributed by atoms with Gasteiger partial charge in [0.05, 0.1) is 18.9 Å². The summed E-state index contributed by atoms with van der Waals surface area (Å²) in [6.07, 6.45) is 0.590. The number of carboxylic acid groups (broad SMARTS) is 1. The Morgan fingerprint density at radius 1 is 1.15 bits per heavy atom. The first kappa shape index (κ1) is 30.8. The third kappa shape index (κ3) is 7.68. The lowest BCUT2D eigenvalue weighted by Gasteiger charge is -2.18. The van der Waals surface area contributed by atoms with Crippen LogP contribution in [0.3, 0.4) is 0 Å². The Balaban J connectivity index is 1.77. The van der Waals surface area contributed by atoms with Crippen molar-refractivity contribution in [1.29, 1.82) is 0 Å². The maximum Gasteiger partial charge on any atom is 0.371 e. The van der Waals surface area contributed by atoms with E-state index in [1.165, 1.54) is 7.11 Å². The Labute approximate surface area is 233 Å². The second-order valence-corrected chi connectivity index (χ2v) is 9.91. The highest BCUT2D eigenvalue weighted by Crippen LogP contribution is 2.33. The number of hydrogen-bond acceptors (Lipinski definition) is 7. The third-order valence-corrected chi connectivity index (χ3v) is 6.44. The molecule has 0 bridgehead atoms. The van der Waals surface area contributed by atoms with Crippen molar-refractivity contribution in [3.63, 3.8) is 0 Å². The average Bonchev–Trinajstić information content (AvgIpc) is 3.36. The van der Waals surface area contributed by atoms with E-state index in [1.807, 2.05) is 13.8 Å². The van der Waals surface area contributed by atoms with Crippen molar-refractivity contribution in [2.45, 2.75) is 26.4 Å². The molecule has 3 rings (SSSR count). The number of amides is 1. The van der Waals surface area contributed by atoms with Gasteiger partial charge in [0.15, 0.2) is 5.13 Å². The number of anilines is 1. The molecule has 2 N–H and O–H groups in total. The van der Waals surface area contributed by atoms with E-state index in [2.05, 4.69) is 15.0 Å². The molecule has 2 aromatic carbocycles. The molecule has 0 aliphatic rings. The van der Waals surface area contributed by atoms with Gasteiger partial charge in [0, 0.05) is 60.5 Å². The van der Waals surface area contributed by atoms with Crippen LogP contribution in [0.1, 0.15) is 47.9 Å². The fourth-order valence-corrected chi connectivity index (χ4v) is 4.43. The van der Waals surface area contributed by atoms with Crippen LogP contribution in [-0.2, 0) is 19.0 Å². The summed E-state index contributed by atoms with van der Waals surface area (Å²) in [6, 6.07) is 6.36. The van der Waals surface area contributed by atoms with Gasteiger partial charge in [0.1, 0.15) is 17.5 Å². The molecule has 40 heavy (non-hydrogen) atoms. The number of halogens is 3. The quantitative estimate of drug-likeness (QED) is 0.139. The molecule has 3 aromatic rings. The maximum absolute atomic E-state index is 15.5. The van der Waals surface area contributed by atoms with E-state index in [-0.39, 0.29) is 22.0 Å². The molecule has 1 amide bonds. The Hall–Kier alpha value is -3.74. The van der Waals surface area contributed by atoms with E-state index in [0.717, 1.165) is 30.6 Å². The SMILES string of the molecule is COC(=Cc1c(F)cc(C(=O)Nc2nc(-c3cccc(C(CCOCC(C)C)OC)c3F)cs2)cc1F)C(=O)O. The molecule has 1 heterocycles. The number of methoxy groups -OCH3 is 2. The Morgan fingerprint density at radius 2 is 1.85 bits per heavy atom. The van der Waals surface area contributed by atoms with Gasteiger partial charge in [-0.2, -0.15) is 0 Å². The first-order valence-electron chi connectivity index (χ1n) is 12.2. The highest BCUT2D eigenvalue weighted by atomic mass is 32.1. The number of ether oxygens (including phenoxy) is 3. The summed E-state index contributed by atoms with van der Waals surface area (Å²) in [4.78, 5) is 28.0. The number of thiazole rings is 1. The van der Waals surface area contributed by atoms with Gasteiger partial charge in [-0.05, 0) is 24.1 Å². The number of nitrogens with one attached hydrogen (secondary N) is 1. The van der Waals surface area contributed by atoms with E-state index in [1.54, 1.807) is 23.6 Å². The largest absolute Gasteiger partial charge is 0.490 e. The minimum absolute atomic E-state index is 0.0764. The molecule has 0 aliphatic carbocycles. The lowest BCUT2D eigenvalue weighted by Crippen LogP contribution is -2.13. The summed E-state index contributed by atoms with van der Waals surface area (Å²) >= 11 is 1.00. The van der Waals surface area contributed by atoms with Gasteiger partial charge in [0.2, 0.25) is 5.76 Å². The Kier molecular flexibility index (Phi) is 10.8. The second kappa shape index (κ2) is 14.1. The summed E-state index contributed by atoms with van der Waals surface area (Å²) in [5.41, 5.74) is -0.256. The van der Waals surface area contributed by atoms with Gasteiger partial charge in [-0.25, -0.2) is 22.9 Å². The molecule has 0 fully saturated rings. The van der Waals surface area contributed by atoms with Gasteiger partial charge in [-0.15, -0.1) is 11.3 Å². The van der Waals surface area contributed by atoms with Gasteiger partial charge < -0.3 is 19.3 Å². The number of rotatable bonds is 13. The molecule has 1 atom stereocenters. The number of hydrogen-bond donors (Lipinski definition) is 2. The van der Waals surface area contributed by atoms with Crippen molar-refractivity contribution in [2.24, 2.45) is 5.92 Å². The minimum Gasteiger partial charge on any atom is -0.490 e. The van der Waals surface area contributed by atoms with Gasteiger partial charge in [-0.1, -0.05) is 26.0 Å². The molecule has 8 nitrogen and oxygen atoms in total. The van der Waals surface area contributed by atoms with Crippen molar-refractivity contribution in [3.8, 4) is 11.3 Å². The van der Waals surface area contributed by atoms with Crippen LogP contribution in [0, 0.1) is 23.4 Å². The van der Waals surface area contributed by atoms with Crippen LogP contribution < -0.4 is 5.32 Å². The fourth-order valence-electron chi connectivity index (χ4n) is 3.72. The predicted molar refractivity (Wildman–Crippen MR) is 144 cm³/mol. The first-order chi connectivity index (χ1) is 19.0. The number of aliphatic carboxylic acids is 1. The molecule has 0 aliphatic heterocycles. The van der Waals surface area contributed by atoms with Crippen molar-refractivity contribution in [2.75, 3.05) is 32.8 Å². The average molecular weight is 579 g/mol. The van der Waals surface area contributed by atoms with Crippen molar-refractivity contribution in [3.05, 3.63) is 75.6 Å². The molecule has 0 spiro atoms. The van der Waals surface area contributed by atoms with Gasteiger partial charge >= 0.3 is 5.97 Å². The number of carbonyl (C=O) groups excluding carboxylic acids is 1. The molecule has 0 saturated heterocycles. The number of carbonyl (C=O) groups is 2. The molecular weight excluding hydrogens is 549 g/mol. The van der Waals surface area contributed by atoms with Gasteiger partial charge in [-0.3, -0.25) is 10.1 Å². The first-order valence-corrected chi connectivity index (χ1v) is 13.1. The third-order valence-electron chi connectivity index (χ3n) is 5.68. The molecular formula is C28H29F3N2O6S. The van der Waals surface area contributed by atoms with Crippen LogP contribution in [0.25, 0.3) is 17.3 Å². The number of carboxylic acids is 1. The molecule has 1 aromatic heterocycles. The maximum atomic E-state index is 15.5. The monoisotopic (exact) mass is 578 g/mol. The normalized spacial score (nSPS) is 12.4. The lowest BCUT2D eigenvalue weighted by atomic mass is 10.0. The highest BCUT2D eigenvalue weighted by molar-refractivity contribution is 7.14. The van der Waals surface area contributed by atoms with Crippen molar-refractivity contribution in [1.82, 2.24) is 4.98 Å². The van der Waals surface area contributed by atoms with E-state index in [0.29, 0.717) is 37.2 Å². The van der Waals surface area contributed by atoms with Crippen LogP contribution in [0.2, 0.25) is 0 Å². The summed E-state index contributed by atoms with van der Waals surface area (Å²) in [5, 5.41) is 13.1. The number of aromatic nitrogens is 1. The van der Waals surface area contributed by atoms with Crippen LogP contribution >= 0.6 is 11.3 Å². The molecule has 0 radical (unpaired) electrons. The minimum atomic E-state index is -1.52. The highest BCUT2D eigenvalue weighted by Gasteiger charge is 2.21. The topological polar surface area (TPSA) is 107 Å². The zero-order chi connectivity index (χ0) is 29.4. The van der Waals surface area contributed by atoms with Crippen molar-refractivity contribution < 1.29 is 42.1 Å². The van der Waals surface area contributed by atoms with E-state index in [9.17, 15) is 18.4 Å². The lowest BCUT2D eigenvalue weighted by molar-refractivity contribution is -0.135. The van der Waals surface area contributed by atoms with Crippen LogP contribution in [-0.4, -0.2) is 49.4 Å². The van der Waals surface area contributed by atoms with Crippen LogP contribution in [0.4, 0.5) is 18.3 Å². The summed E-state index contributed by atoms with van der Waals surface area (Å²) in [5.74, 6) is -5.54. The standard InChI is InChI=1S/C28H29F3N2O6S/c1-15(2)13-39-9-8-23(37-3)18-7-5-6-17(25(18)31)22-14-40-28(32-22)33-26(34)16-10-20(29)19(21(30)11-16)12-24(38-4)27(35)36/h5-7,10-12,14-15,23H,8-9,13H2,1-4H3,(H,35,36)(H,32,33,34). The molecule has 214 valence electrons. The summed E-state index contributed by atoms with van der Waals surface area (Å²) in [7, 11) is 2.54. The van der Waals surface area contributed by atoms with Crippen LogP contribution in [0.15, 0.2) is 41.5 Å². The summed E-state index contributed by atoms with van der Waals surface area (Å²) < 4.78 is 60.2. The van der Waals surface area contributed by atoms with Gasteiger partial charge in [0.25, 0.3) is 5.91 Å².